The highest BCUT2D eigenvalue weighted by atomic mass is 16.5. The molecule has 6 aromatic rings. The lowest BCUT2D eigenvalue weighted by atomic mass is 9.89. The van der Waals surface area contributed by atoms with Crippen LogP contribution in [0.3, 0.4) is 0 Å². The summed E-state index contributed by atoms with van der Waals surface area (Å²) in [6.07, 6.45) is 0. The van der Waals surface area contributed by atoms with Gasteiger partial charge in [0.2, 0.25) is 0 Å². The lowest BCUT2D eigenvalue weighted by Crippen LogP contribution is -2.04. The second-order valence-corrected chi connectivity index (χ2v) is 9.02. The molecule has 0 saturated heterocycles. The molecule has 2 heterocycles. The maximum atomic E-state index is 5.36. The van der Waals surface area contributed by atoms with Crippen LogP contribution in [0.15, 0.2) is 97.1 Å². The first-order valence-electron chi connectivity index (χ1n) is 12.1. The van der Waals surface area contributed by atoms with Gasteiger partial charge in [-0.2, -0.15) is 0 Å². The van der Waals surface area contributed by atoms with Gasteiger partial charge in [-0.05, 0) is 43.3 Å². The van der Waals surface area contributed by atoms with E-state index in [1.165, 1.54) is 5.56 Å². The Kier molecular flexibility index (Phi) is 4.75. The molecule has 1 aliphatic rings. The molecule has 178 valence electrons. The number of hydrogen-bond acceptors (Lipinski definition) is 5. The third-order valence-corrected chi connectivity index (χ3v) is 6.81. The van der Waals surface area contributed by atoms with Gasteiger partial charge in [-0.3, -0.25) is 0 Å². The van der Waals surface area contributed by atoms with Crippen LogP contribution < -0.4 is 4.74 Å². The minimum Gasteiger partial charge on any atom is -0.497 e. The molecule has 0 atom stereocenters. The van der Waals surface area contributed by atoms with Crippen molar-refractivity contribution >= 4 is 0 Å². The smallest absolute Gasteiger partial charge is 0.122 e. The van der Waals surface area contributed by atoms with Gasteiger partial charge in [0.05, 0.1) is 18.5 Å². The molecule has 4 aromatic carbocycles. The van der Waals surface area contributed by atoms with Crippen LogP contribution in [0, 0.1) is 6.92 Å². The van der Waals surface area contributed by atoms with Gasteiger partial charge in [-0.15, -0.1) is 10.2 Å². The molecule has 0 bridgehead atoms. The highest BCUT2D eigenvalue weighted by molar-refractivity contribution is 5.99. The van der Waals surface area contributed by atoms with Crippen molar-refractivity contribution in [2.75, 3.05) is 7.11 Å². The summed E-state index contributed by atoms with van der Waals surface area (Å²) in [6, 6.07) is 32.7. The minimum absolute atomic E-state index is 0.787. The van der Waals surface area contributed by atoms with E-state index < -0.39 is 0 Å². The van der Waals surface area contributed by atoms with Gasteiger partial charge >= 0.3 is 0 Å². The Morgan fingerprint density at radius 1 is 0.541 bits per heavy atom. The van der Waals surface area contributed by atoms with Gasteiger partial charge in [-0.1, -0.05) is 76.7 Å². The number of aryl methyl sites for hydroxylation is 1. The Morgan fingerprint density at radius 2 is 0.973 bits per heavy atom. The fraction of sp³-hybridized carbons (Fsp3) is 0.0667. The molecule has 1 aliphatic carbocycles. The molecule has 0 spiro atoms. The number of fused-ring (bicyclic) bond motifs is 8. The predicted octanol–water partition coefficient (Wildman–Crippen LogP) is 6.15. The van der Waals surface area contributed by atoms with Crippen LogP contribution in [-0.4, -0.2) is 37.1 Å². The Labute approximate surface area is 213 Å². The van der Waals surface area contributed by atoms with Gasteiger partial charge in [0.15, 0.2) is 0 Å². The van der Waals surface area contributed by atoms with Crippen LogP contribution in [-0.2, 0) is 0 Å². The van der Waals surface area contributed by atoms with Gasteiger partial charge in [0.1, 0.15) is 28.5 Å². The van der Waals surface area contributed by atoms with Crippen LogP contribution in [0.4, 0.5) is 0 Å². The second kappa shape index (κ2) is 8.27. The van der Waals surface area contributed by atoms with Crippen molar-refractivity contribution in [3.63, 3.8) is 0 Å². The summed E-state index contributed by atoms with van der Waals surface area (Å²) in [6.45, 7) is 2.08. The van der Waals surface area contributed by atoms with Gasteiger partial charge in [0.25, 0.3) is 0 Å². The number of hydrogen-bond donors (Lipinski definition) is 0. The van der Waals surface area contributed by atoms with Crippen molar-refractivity contribution in [1.29, 1.82) is 0 Å². The summed E-state index contributed by atoms with van der Waals surface area (Å²) in [5.74, 6) is 0.787. The molecule has 7 nitrogen and oxygen atoms in total. The molecule has 0 saturated carbocycles. The Hall–Kier alpha value is -5.04. The fourth-order valence-corrected chi connectivity index (χ4v) is 4.97. The van der Waals surface area contributed by atoms with Crippen LogP contribution in [0.1, 0.15) is 5.56 Å². The molecular formula is C30H22N6O. The van der Waals surface area contributed by atoms with Crippen LogP contribution >= 0.6 is 0 Å². The quantitative estimate of drug-likeness (QED) is 0.302. The number of rotatable bonds is 3. The molecule has 0 unspecified atom stereocenters. The van der Waals surface area contributed by atoms with Crippen molar-refractivity contribution in [2.24, 2.45) is 0 Å². The lowest BCUT2D eigenvalue weighted by Gasteiger charge is -2.18. The van der Waals surface area contributed by atoms with E-state index in [9.17, 15) is 0 Å². The predicted molar refractivity (Wildman–Crippen MR) is 143 cm³/mol. The number of ether oxygens (including phenoxy) is 1. The third kappa shape index (κ3) is 3.28. The molecule has 0 aliphatic heterocycles. The summed E-state index contributed by atoms with van der Waals surface area (Å²) < 4.78 is 9.17. The molecule has 0 amide bonds. The Balaban J connectivity index is 1.55. The van der Waals surface area contributed by atoms with Crippen LogP contribution in [0.25, 0.3) is 56.4 Å². The largest absolute Gasteiger partial charge is 0.497 e. The minimum atomic E-state index is 0.787. The maximum Gasteiger partial charge on any atom is 0.122 e. The van der Waals surface area contributed by atoms with E-state index in [0.29, 0.717) is 0 Å². The van der Waals surface area contributed by atoms with Crippen molar-refractivity contribution < 1.29 is 4.74 Å². The highest BCUT2D eigenvalue weighted by Gasteiger charge is 2.30. The number of methoxy groups -OCH3 is 1. The van der Waals surface area contributed by atoms with Gasteiger partial charge < -0.3 is 4.74 Å². The summed E-state index contributed by atoms with van der Waals surface area (Å²) in [5, 5.41) is 18.7. The molecule has 7 rings (SSSR count). The maximum absolute atomic E-state index is 5.36. The van der Waals surface area contributed by atoms with E-state index in [0.717, 1.165) is 62.2 Å². The van der Waals surface area contributed by atoms with E-state index >= 15 is 0 Å². The average molecular weight is 483 g/mol. The third-order valence-electron chi connectivity index (χ3n) is 6.81. The molecular weight excluding hydrogens is 460 g/mol. The average Bonchev–Trinajstić information content (AvgIpc) is 3.58. The van der Waals surface area contributed by atoms with E-state index in [1.54, 1.807) is 7.11 Å². The molecule has 0 N–H and O–H groups in total. The number of nitrogens with zero attached hydrogens (tertiary/aromatic N) is 6. The van der Waals surface area contributed by atoms with Gasteiger partial charge in [-0.25, -0.2) is 9.36 Å². The number of aromatic nitrogens is 6. The SMILES string of the molecule is COc1ccc(-n2nnc3c2-c2ccccc2-c2nnn(-c4ccc(C)cc4)c2-c2ccccc2-3)cc1. The van der Waals surface area contributed by atoms with Gasteiger partial charge in [0, 0.05) is 22.3 Å². The molecule has 0 radical (unpaired) electrons. The molecule has 37 heavy (non-hydrogen) atoms. The zero-order valence-corrected chi connectivity index (χ0v) is 20.3. The first-order valence-corrected chi connectivity index (χ1v) is 12.1. The lowest BCUT2D eigenvalue weighted by molar-refractivity contribution is 0.414. The Bertz CT molecular complexity index is 1760. The monoisotopic (exact) mass is 482 g/mol. The normalized spacial score (nSPS) is 11.5. The van der Waals surface area contributed by atoms with E-state index in [-0.39, 0.29) is 0 Å². The molecule has 2 aromatic heterocycles. The van der Waals surface area contributed by atoms with Crippen LogP contribution in [0.2, 0.25) is 0 Å². The van der Waals surface area contributed by atoms with Crippen LogP contribution in [0.5, 0.6) is 5.75 Å². The van der Waals surface area contributed by atoms with Crippen molar-refractivity contribution in [2.45, 2.75) is 6.92 Å². The fourth-order valence-electron chi connectivity index (χ4n) is 4.97. The summed E-state index contributed by atoms with van der Waals surface area (Å²) in [5.41, 5.74) is 10.4. The van der Waals surface area contributed by atoms with Crippen molar-refractivity contribution in [1.82, 2.24) is 30.0 Å². The molecule has 7 heteroatoms. The zero-order valence-electron chi connectivity index (χ0n) is 20.3. The zero-order chi connectivity index (χ0) is 24.9. The first kappa shape index (κ1) is 21.3. The van der Waals surface area contributed by atoms with Crippen molar-refractivity contribution in [3.8, 4) is 62.2 Å². The van der Waals surface area contributed by atoms with E-state index in [4.69, 9.17) is 14.9 Å². The molecule has 0 fully saturated rings. The second-order valence-electron chi connectivity index (χ2n) is 9.02. The summed E-state index contributed by atoms with van der Waals surface area (Å²) >= 11 is 0. The highest BCUT2D eigenvalue weighted by Crippen LogP contribution is 2.46. The Morgan fingerprint density at radius 3 is 1.43 bits per heavy atom. The van der Waals surface area contributed by atoms with E-state index in [2.05, 4.69) is 65.9 Å². The summed E-state index contributed by atoms with van der Waals surface area (Å²) in [4.78, 5) is 0. The van der Waals surface area contributed by atoms with E-state index in [1.807, 2.05) is 57.9 Å². The topological polar surface area (TPSA) is 70.7 Å². The summed E-state index contributed by atoms with van der Waals surface area (Å²) in [7, 11) is 1.66. The first-order chi connectivity index (χ1) is 18.2. The van der Waals surface area contributed by atoms with Crippen molar-refractivity contribution in [3.05, 3.63) is 103 Å². The standard InChI is InChI=1S/C30H22N6O/c1-19-11-13-20(14-12-19)35-29-25-9-5-3-7-23(25)28-30(26-10-6-4-8-24(26)27(29)31-33-35)36(34-32-28)21-15-17-22(37-2)18-16-21/h3-18H,1-2H3. The number of benzene rings is 4.